The quantitative estimate of drug-likeness (QED) is 0.684. The molecule has 2 aliphatic rings. The zero-order valence-corrected chi connectivity index (χ0v) is 17.4. The van der Waals surface area contributed by atoms with Gasteiger partial charge in [-0.1, -0.05) is 26.8 Å². The van der Waals surface area contributed by atoms with Gasteiger partial charge in [0.05, 0.1) is 5.75 Å². The van der Waals surface area contributed by atoms with Gasteiger partial charge in [-0.25, -0.2) is 12.7 Å². The Morgan fingerprint density at radius 2 is 1.79 bits per heavy atom. The van der Waals surface area contributed by atoms with Crippen molar-refractivity contribution in [3.8, 4) is 0 Å². The van der Waals surface area contributed by atoms with E-state index in [2.05, 4.69) is 53.0 Å². The third kappa shape index (κ3) is 3.73. The molecule has 0 bridgehead atoms. The van der Waals surface area contributed by atoms with Crippen LogP contribution in [-0.4, -0.2) is 54.6 Å². The summed E-state index contributed by atoms with van der Waals surface area (Å²) in [7, 11) is -1.44. The molecule has 140 valence electrons. The molecule has 0 amide bonds. The minimum Gasteiger partial charge on any atom is -0.291 e. The van der Waals surface area contributed by atoms with Crippen LogP contribution < -0.4 is 0 Å². The molecule has 1 heterocycles. The summed E-state index contributed by atoms with van der Waals surface area (Å²) in [5.74, 6) is 0.166. The molecule has 2 rings (SSSR count). The van der Waals surface area contributed by atoms with Gasteiger partial charge < -0.3 is 0 Å². The fraction of sp³-hybridized carbons (Fsp3) is 0.895. The molecular formula is C19H36N2O2S. The molecule has 0 radical (unpaired) electrons. The first-order valence-electron chi connectivity index (χ1n) is 9.08. The van der Waals surface area contributed by atoms with Crippen LogP contribution in [0.1, 0.15) is 60.8 Å². The van der Waals surface area contributed by atoms with Gasteiger partial charge >= 0.3 is 0 Å². The van der Waals surface area contributed by atoms with Gasteiger partial charge in [-0.15, -0.1) is 6.58 Å². The summed E-state index contributed by atoms with van der Waals surface area (Å²) in [6.07, 6.45) is 4.41. The molecule has 3 atom stereocenters. The van der Waals surface area contributed by atoms with Crippen LogP contribution in [-0.2, 0) is 10.0 Å². The molecule has 1 aliphatic heterocycles. The van der Waals surface area contributed by atoms with Gasteiger partial charge in [-0.2, -0.15) is 0 Å². The zero-order valence-electron chi connectivity index (χ0n) is 16.6. The first-order valence-corrected chi connectivity index (χ1v) is 10.7. The summed E-state index contributed by atoms with van der Waals surface area (Å²) in [4.78, 5) is 2.66. The molecule has 0 aromatic rings. The minimum atomic E-state index is -3.18. The molecule has 0 aromatic heterocycles. The van der Waals surface area contributed by atoms with E-state index in [4.69, 9.17) is 0 Å². The second-order valence-corrected chi connectivity index (χ2v) is 12.1. The van der Waals surface area contributed by atoms with Gasteiger partial charge in [0, 0.05) is 36.6 Å². The second-order valence-electron chi connectivity index (χ2n) is 9.90. The van der Waals surface area contributed by atoms with Crippen molar-refractivity contribution >= 4 is 10.0 Å². The molecule has 24 heavy (non-hydrogen) atoms. The highest BCUT2D eigenvalue weighted by atomic mass is 32.2. The molecule has 0 N–H and O–H groups in total. The maximum absolute atomic E-state index is 12.5. The number of fused-ring (bicyclic) bond motifs is 1. The second kappa shape index (κ2) is 6.10. The summed E-state index contributed by atoms with van der Waals surface area (Å²) < 4.78 is 26.5. The largest absolute Gasteiger partial charge is 0.291 e. The fourth-order valence-corrected chi connectivity index (χ4v) is 5.69. The van der Waals surface area contributed by atoms with Crippen molar-refractivity contribution in [1.82, 2.24) is 9.21 Å². The average Bonchev–Trinajstić information content (AvgIpc) is 2.97. The van der Waals surface area contributed by atoms with Gasteiger partial charge in [0.2, 0.25) is 10.0 Å². The molecule has 2 fully saturated rings. The van der Waals surface area contributed by atoms with Crippen molar-refractivity contribution in [2.75, 3.05) is 19.3 Å². The topological polar surface area (TPSA) is 40.6 Å². The first kappa shape index (κ1) is 19.9. The maximum atomic E-state index is 12.5. The summed E-state index contributed by atoms with van der Waals surface area (Å²) in [6, 6.07) is 1.01. The Bertz CT molecular complexity index is 585. The minimum absolute atomic E-state index is 0.112. The number of nitrogens with zero attached hydrogens (tertiary/aromatic N) is 2. The Hall–Kier alpha value is -0.390. The van der Waals surface area contributed by atoms with Crippen molar-refractivity contribution < 1.29 is 8.42 Å². The van der Waals surface area contributed by atoms with Crippen LogP contribution in [0.4, 0.5) is 0 Å². The van der Waals surface area contributed by atoms with Gasteiger partial charge in [0.25, 0.3) is 0 Å². The highest BCUT2D eigenvalue weighted by Crippen LogP contribution is 2.64. The van der Waals surface area contributed by atoms with Gasteiger partial charge in [-0.05, 0) is 45.4 Å². The third-order valence-electron chi connectivity index (χ3n) is 5.78. The molecule has 5 heteroatoms. The van der Waals surface area contributed by atoms with E-state index >= 15 is 0 Å². The van der Waals surface area contributed by atoms with E-state index in [-0.39, 0.29) is 22.1 Å². The summed E-state index contributed by atoms with van der Waals surface area (Å²) in [5.41, 5.74) is 0.455. The maximum Gasteiger partial charge on any atom is 0.214 e. The number of allylic oxidation sites excluding steroid dienone is 1. The Balaban J connectivity index is 2.17. The number of likely N-dealkylation sites (tertiary alicyclic amines) is 1. The lowest BCUT2D eigenvalue weighted by Crippen LogP contribution is -2.51. The SMILES string of the molecule is C=CCCS(=O)(=O)N(C)C[C@@]12CC(C(C)(C)C)N(C(C)(C)C)[C@@H]1C2. The van der Waals surface area contributed by atoms with Crippen LogP contribution in [0.2, 0.25) is 0 Å². The van der Waals surface area contributed by atoms with Crippen molar-refractivity contribution in [1.29, 1.82) is 0 Å². The van der Waals surface area contributed by atoms with E-state index in [0.717, 1.165) is 12.8 Å². The number of piperidine rings is 1. The van der Waals surface area contributed by atoms with Gasteiger partial charge in [-0.3, -0.25) is 4.90 Å². The molecule has 1 saturated heterocycles. The molecule has 0 aromatic carbocycles. The standard InChI is InChI=1S/C19H36N2O2S/c1-9-10-11-24(22,23)20(8)14-19-12-15(17(2,3)4)21(16(19)13-19)18(5,6)7/h9,15-16H,1,10-14H2,2-8H3/t15?,16-,19+/m1/s1. The highest BCUT2D eigenvalue weighted by molar-refractivity contribution is 7.89. The zero-order chi connectivity index (χ0) is 18.6. The molecule has 4 nitrogen and oxygen atoms in total. The van der Waals surface area contributed by atoms with Crippen molar-refractivity contribution in [2.24, 2.45) is 10.8 Å². The summed E-state index contributed by atoms with van der Waals surface area (Å²) in [6.45, 7) is 18.0. The van der Waals surface area contributed by atoms with Crippen molar-refractivity contribution in [3.63, 3.8) is 0 Å². The van der Waals surface area contributed by atoms with Gasteiger partial charge in [0.15, 0.2) is 0 Å². The van der Waals surface area contributed by atoms with E-state index < -0.39 is 10.0 Å². The van der Waals surface area contributed by atoms with Crippen LogP contribution >= 0.6 is 0 Å². The number of hydrogen-bond donors (Lipinski definition) is 0. The fourth-order valence-electron chi connectivity index (χ4n) is 4.46. The summed E-state index contributed by atoms with van der Waals surface area (Å²) in [5, 5.41) is 0. The van der Waals surface area contributed by atoms with Crippen LogP contribution in [0.25, 0.3) is 0 Å². The van der Waals surface area contributed by atoms with E-state index in [9.17, 15) is 8.42 Å². The monoisotopic (exact) mass is 356 g/mol. The number of rotatable bonds is 6. The summed E-state index contributed by atoms with van der Waals surface area (Å²) >= 11 is 0. The van der Waals surface area contributed by atoms with Crippen LogP contribution in [0.3, 0.4) is 0 Å². The predicted molar refractivity (Wildman–Crippen MR) is 102 cm³/mol. The Morgan fingerprint density at radius 3 is 2.21 bits per heavy atom. The van der Waals surface area contributed by atoms with Gasteiger partial charge in [0.1, 0.15) is 0 Å². The van der Waals surface area contributed by atoms with E-state index in [1.807, 2.05) is 0 Å². The van der Waals surface area contributed by atoms with Crippen LogP contribution in [0.15, 0.2) is 12.7 Å². The normalized spacial score (nSPS) is 31.3. The molecule has 1 unspecified atom stereocenters. The molecule has 0 spiro atoms. The lowest BCUT2D eigenvalue weighted by Gasteiger charge is -2.45. The molecular weight excluding hydrogens is 320 g/mol. The first-order chi connectivity index (χ1) is 10.7. The molecule has 1 saturated carbocycles. The highest BCUT2D eigenvalue weighted by Gasteiger charge is 2.68. The Morgan fingerprint density at radius 1 is 1.21 bits per heavy atom. The van der Waals surface area contributed by atoms with Crippen LogP contribution in [0, 0.1) is 10.8 Å². The lowest BCUT2D eigenvalue weighted by atomic mass is 9.80. The average molecular weight is 357 g/mol. The number of sulfonamides is 1. The van der Waals surface area contributed by atoms with E-state index in [1.165, 1.54) is 0 Å². The van der Waals surface area contributed by atoms with E-state index in [1.54, 1.807) is 17.4 Å². The third-order valence-corrected chi connectivity index (χ3v) is 7.62. The molecule has 1 aliphatic carbocycles. The smallest absolute Gasteiger partial charge is 0.214 e. The van der Waals surface area contributed by atoms with Crippen molar-refractivity contribution in [3.05, 3.63) is 12.7 Å². The van der Waals surface area contributed by atoms with Crippen LogP contribution in [0.5, 0.6) is 0 Å². The van der Waals surface area contributed by atoms with E-state index in [0.29, 0.717) is 25.0 Å². The Labute approximate surface area is 149 Å². The predicted octanol–water partition coefficient (Wildman–Crippen LogP) is 3.50. The van der Waals surface area contributed by atoms with Crippen molar-refractivity contribution in [2.45, 2.75) is 78.4 Å². The Kier molecular flexibility index (Phi) is 5.06. The lowest BCUT2D eigenvalue weighted by molar-refractivity contribution is 0.0362. The number of hydrogen-bond acceptors (Lipinski definition) is 3.